The molecule has 1 atom stereocenters. The van der Waals surface area contributed by atoms with Crippen molar-refractivity contribution in [1.29, 1.82) is 0 Å². The summed E-state index contributed by atoms with van der Waals surface area (Å²) < 4.78 is 1.53. The van der Waals surface area contributed by atoms with E-state index in [1.807, 2.05) is 7.05 Å². The largest absolute Gasteiger partial charge is 0.343 e. The van der Waals surface area contributed by atoms with E-state index < -0.39 is 0 Å². The highest BCUT2D eigenvalue weighted by atomic mass is 32.2. The molecular formula is C14H20N4OS. The Morgan fingerprint density at radius 1 is 1.45 bits per heavy atom. The Kier molecular flexibility index (Phi) is 4.67. The fourth-order valence-electron chi connectivity index (χ4n) is 2.16. The lowest BCUT2D eigenvalue weighted by Crippen LogP contribution is -2.20. The normalized spacial score (nSPS) is 12.6. The maximum absolute atomic E-state index is 11.3. The number of thioether (sulfide) groups is 1. The maximum atomic E-state index is 11.3. The maximum Gasteiger partial charge on any atom is 0.343 e. The van der Waals surface area contributed by atoms with Crippen molar-refractivity contribution in [2.45, 2.75) is 25.0 Å². The zero-order chi connectivity index (χ0) is 14.7. The minimum Gasteiger partial charge on any atom is -0.312 e. The third-order valence-corrected chi connectivity index (χ3v) is 4.49. The van der Waals surface area contributed by atoms with Crippen molar-refractivity contribution in [1.82, 2.24) is 20.1 Å². The van der Waals surface area contributed by atoms with Crippen LogP contribution in [0.3, 0.4) is 0 Å². The van der Waals surface area contributed by atoms with Crippen molar-refractivity contribution in [2.24, 2.45) is 7.05 Å². The Labute approximate surface area is 122 Å². The van der Waals surface area contributed by atoms with Crippen LogP contribution < -0.4 is 11.0 Å². The molecule has 20 heavy (non-hydrogen) atoms. The third kappa shape index (κ3) is 3.13. The lowest BCUT2D eigenvalue weighted by Gasteiger charge is -2.18. The first-order chi connectivity index (χ1) is 9.52. The van der Waals surface area contributed by atoms with Gasteiger partial charge in [0.05, 0.1) is 0 Å². The molecule has 0 saturated heterocycles. The smallest absolute Gasteiger partial charge is 0.312 e. The number of benzene rings is 1. The van der Waals surface area contributed by atoms with Crippen molar-refractivity contribution in [3.8, 4) is 0 Å². The molecule has 2 rings (SSSR count). The number of rotatable bonds is 5. The van der Waals surface area contributed by atoms with Gasteiger partial charge in [-0.2, -0.15) is 0 Å². The summed E-state index contributed by atoms with van der Waals surface area (Å²) in [6.07, 6.45) is 0. The molecule has 0 radical (unpaired) electrons. The van der Waals surface area contributed by atoms with Crippen LogP contribution in [-0.2, 0) is 7.05 Å². The summed E-state index contributed by atoms with van der Waals surface area (Å²) in [6, 6.07) is 6.71. The van der Waals surface area contributed by atoms with Crippen molar-refractivity contribution in [3.05, 3.63) is 45.4 Å². The highest BCUT2D eigenvalue weighted by molar-refractivity contribution is 7.99. The van der Waals surface area contributed by atoms with Gasteiger partial charge in [-0.05, 0) is 32.0 Å². The molecule has 2 N–H and O–H groups in total. The van der Waals surface area contributed by atoms with Crippen LogP contribution in [0.5, 0.6) is 0 Å². The fraction of sp³-hybridized carbons (Fsp3) is 0.429. The summed E-state index contributed by atoms with van der Waals surface area (Å²) in [5, 5.41) is 10.5. The number of hydrogen-bond acceptors (Lipinski definition) is 4. The molecule has 6 heteroatoms. The molecule has 0 bridgehead atoms. The van der Waals surface area contributed by atoms with Crippen molar-refractivity contribution >= 4 is 11.8 Å². The second-order valence-corrected chi connectivity index (χ2v) is 5.87. The number of H-pyrrole nitrogens is 1. The summed E-state index contributed by atoms with van der Waals surface area (Å²) in [5.74, 6) is 0.818. The van der Waals surface area contributed by atoms with Crippen LogP contribution in [0.4, 0.5) is 0 Å². The number of nitrogens with zero attached hydrogens (tertiary/aromatic N) is 2. The molecule has 0 amide bonds. The molecule has 0 aliphatic rings. The average Bonchev–Trinajstić information content (AvgIpc) is 2.73. The Morgan fingerprint density at radius 2 is 2.20 bits per heavy atom. The Bertz CT molecular complexity index is 647. The SMILES string of the molecule is CNC(CSc1n[nH]c(=O)n1C)c1ccc(C)cc1C. The van der Waals surface area contributed by atoms with Gasteiger partial charge >= 0.3 is 5.69 Å². The molecule has 0 spiro atoms. The zero-order valence-corrected chi connectivity index (χ0v) is 13.0. The molecule has 1 aromatic heterocycles. The summed E-state index contributed by atoms with van der Waals surface area (Å²) in [7, 11) is 3.67. The lowest BCUT2D eigenvalue weighted by atomic mass is 10.0. The number of aromatic amines is 1. The van der Waals surface area contributed by atoms with E-state index in [0.29, 0.717) is 5.16 Å². The van der Waals surface area contributed by atoms with Gasteiger partial charge in [0, 0.05) is 18.8 Å². The van der Waals surface area contributed by atoms with Crippen LogP contribution in [0.1, 0.15) is 22.7 Å². The molecule has 0 aliphatic heterocycles. The molecule has 0 aliphatic carbocycles. The molecule has 1 aromatic carbocycles. The highest BCUT2D eigenvalue weighted by Gasteiger charge is 2.14. The predicted octanol–water partition coefficient (Wildman–Crippen LogP) is 1.78. The van der Waals surface area contributed by atoms with Crippen LogP contribution >= 0.6 is 11.8 Å². The van der Waals surface area contributed by atoms with Crippen molar-refractivity contribution < 1.29 is 0 Å². The van der Waals surface area contributed by atoms with Gasteiger partial charge in [-0.3, -0.25) is 4.57 Å². The highest BCUT2D eigenvalue weighted by Crippen LogP contribution is 2.25. The van der Waals surface area contributed by atoms with Crippen LogP contribution in [0.2, 0.25) is 0 Å². The predicted molar refractivity (Wildman–Crippen MR) is 82.3 cm³/mol. The van der Waals surface area contributed by atoms with Crippen LogP contribution in [0.25, 0.3) is 0 Å². The number of nitrogens with one attached hydrogen (secondary N) is 2. The molecule has 0 saturated carbocycles. The van der Waals surface area contributed by atoms with E-state index in [4.69, 9.17) is 0 Å². The molecule has 1 unspecified atom stereocenters. The minimum atomic E-state index is -0.181. The van der Waals surface area contributed by atoms with Crippen LogP contribution in [0, 0.1) is 13.8 Å². The van der Waals surface area contributed by atoms with E-state index in [-0.39, 0.29) is 11.7 Å². The van der Waals surface area contributed by atoms with Crippen molar-refractivity contribution in [3.63, 3.8) is 0 Å². The van der Waals surface area contributed by atoms with Crippen molar-refractivity contribution in [2.75, 3.05) is 12.8 Å². The number of aromatic nitrogens is 3. The van der Waals surface area contributed by atoms with Crippen LogP contribution in [0.15, 0.2) is 28.2 Å². The second kappa shape index (κ2) is 6.28. The van der Waals surface area contributed by atoms with Gasteiger partial charge < -0.3 is 5.32 Å². The Morgan fingerprint density at radius 3 is 2.75 bits per heavy atom. The van der Waals surface area contributed by atoms with E-state index in [1.54, 1.807) is 18.8 Å². The minimum absolute atomic E-state index is 0.181. The standard InChI is InChI=1S/C14H20N4OS/c1-9-5-6-11(10(2)7-9)12(15-3)8-20-14-17-16-13(19)18(14)4/h5-7,12,15H,8H2,1-4H3,(H,16,19). The molecule has 108 valence electrons. The van der Waals surface area contributed by atoms with E-state index in [9.17, 15) is 4.79 Å². The van der Waals surface area contributed by atoms with Gasteiger partial charge in [0.25, 0.3) is 0 Å². The first-order valence-corrected chi connectivity index (χ1v) is 7.50. The topological polar surface area (TPSA) is 62.7 Å². The van der Waals surface area contributed by atoms with Gasteiger partial charge in [-0.15, -0.1) is 5.10 Å². The molecule has 5 nitrogen and oxygen atoms in total. The quantitative estimate of drug-likeness (QED) is 0.825. The monoisotopic (exact) mass is 292 g/mol. The summed E-state index contributed by atoms with van der Waals surface area (Å²) in [4.78, 5) is 11.3. The Hall–Kier alpha value is -1.53. The summed E-state index contributed by atoms with van der Waals surface area (Å²) in [5.41, 5.74) is 3.65. The second-order valence-electron chi connectivity index (χ2n) is 4.88. The average molecular weight is 292 g/mol. The van der Waals surface area contributed by atoms with Crippen LogP contribution in [-0.4, -0.2) is 27.6 Å². The van der Waals surface area contributed by atoms with E-state index in [0.717, 1.165) is 5.75 Å². The molecule has 0 fully saturated rings. The van der Waals surface area contributed by atoms with Gasteiger partial charge in [0.1, 0.15) is 0 Å². The fourth-order valence-corrected chi connectivity index (χ4v) is 3.21. The van der Waals surface area contributed by atoms with Gasteiger partial charge in [-0.1, -0.05) is 35.5 Å². The molecule has 1 heterocycles. The Balaban J connectivity index is 2.13. The van der Waals surface area contributed by atoms with E-state index in [2.05, 4.69) is 47.6 Å². The summed E-state index contributed by atoms with van der Waals surface area (Å²) >= 11 is 1.57. The van der Waals surface area contributed by atoms with Gasteiger partial charge in [-0.25, -0.2) is 9.89 Å². The lowest BCUT2D eigenvalue weighted by molar-refractivity contribution is 0.655. The number of aryl methyl sites for hydroxylation is 2. The molecule has 2 aromatic rings. The van der Waals surface area contributed by atoms with Gasteiger partial charge in [0.15, 0.2) is 5.16 Å². The number of hydrogen-bond donors (Lipinski definition) is 2. The third-order valence-electron chi connectivity index (χ3n) is 3.37. The van der Waals surface area contributed by atoms with Gasteiger partial charge in [0.2, 0.25) is 0 Å². The van der Waals surface area contributed by atoms with E-state index >= 15 is 0 Å². The first-order valence-electron chi connectivity index (χ1n) is 6.51. The molecular weight excluding hydrogens is 272 g/mol. The zero-order valence-electron chi connectivity index (χ0n) is 12.2. The first kappa shape index (κ1) is 14.9. The summed E-state index contributed by atoms with van der Waals surface area (Å²) in [6.45, 7) is 4.22. The van der Waals surface area contributed by atoms with E-state index in [1.165, 1.54) is 21.3 Å².